The number of benzene rings is 5. The van der Waals surface area contributed by atoms with Crippen molar-refractivity contribution in [2.75, 3.05) is 13.1 Å². The summed E-state index contributed by atoms with van der Waals surface area (Å²) in [6.45, 7) is 5.99. The smallest absolute Gasteiger partial charge is 0.206 e. The van der Waals surface area contributed by atoms with Crippen LogP contribution in [0.3, 0.4) is 0 Å². The number of hydrogen-bond acceptors (Lipinski definition) is 0. The molecule has 0 amide bonds. The van der Waals surface area contributed by atoms with Crippen LogP contribution in [0.4, 0.5) is 102 Å². The molecule has 1 N–H and O–H groups in total. The lowest BCUT2D eigenvalue weighted by Gasteiger charge is -2.54. The van der Waals surface area contributed by atoms with Gasteiger partial charge in [0, 0.05) is 12.1 Å². The fraction of sp³-hybridized carbons (Fsp3) is 0.224. The Morgan fingerprint density at radius 3 is 0.918 bits per heavy atom. The number of nitrogens with one attached hydrogen (secondary N) is 1. The minimum Gasteiger partial charge on any atom is -0.300 e. The maximum Gasteiger partial charge on any atom is 0.206 e. The largest absolute Gasteiger partial charge is 0.300 e. The highest BCUT2D eigenvalue weighted by atomic mass is 27.2. The van der Waals surface area contributed by atoms with Crippen molar-refractivity contribution in [1.29, 1.82) is 0 Å². The highest BCUT2D eigenvalue weighted by Crippen LogP contribution is 2.71. The normalized spacial score (nSPS) is 20.2. The van der Waals surface area contributed by atoms with Crippen molar-refractivity contribution in [1.82, 2.24) is 0 Å². The summed E-state index contributed by atoms with van der Waals surface area (Å²) in [5.41, 5.74) is -14.6. The van der Waals surface area contributed by atoms with E-state index in [1.807, 2.05) is 0 Å². The molecule has 5 atom stereocenters. The summed E-state index contributed by atoms with van der Waals surface area (Å²) in [6.07, 6.45) is 3.15. The maximum absolute atomic E-state index is 17.0. The van der Waals surface area contributed by atoms with Crippen LogP contribution in [-0.2, 0) is 0 Å². The average molecular weight is 1080 g/mol. The van der Waals surface area contributed by atoms with Gasteiger partial charge in [0.15, 0.2) is 105 Å². The molecule has 4 aliphatic carbocycles. The summed E-state index contributed by atoms with van der Waals surface area (Å²) in [6, 6.07) is 2.47. The fourth-order valence-corrected chi connectivity index (χ4v) is 19.6. The van der Waals surface area contributed by atoms with Gasteiger partial charge in [-0.2, -0.15) is 0 Å². The average Bonchev–Trinajstić information content (AvgIpc) is 3.94. The highest BCUT2D eigenvalue weighted by Gasteiger charge is 2.68. The van der Waals surface area contributed by atoms with Crippen LogP contribution in [0.15, 0.2) is 65.8 Å². The van der Waals surface area contributed by atoms with Gasteiger partial charge >= 0.3 is 0 Å². The van der Waals surface area contributed by atoms with Crippen LogP contribution in [0.2, 0.25) is 0 Å². The number of hydrogen-bond donors (Lipinski definition) is 1. The molecule has 9 rings (SSSR count). The maximum atomic E-state index is 17.0. The van der Waals surface area contributed by atoms with E-state index in [-0.39, 0.29) is 24.3 Å². The van der Waals surface area contributed by atoms with E-state index in [1.165, 1.54) is 6.07 Å². The van der Waals surface area contributed by atoms with E-state index >= 15 is 70.2 Å². The van der Waals surface area contributed by atoms with Gasteiger partial charge in [0.1, 0.15) is 29.1 Å². The van der Waals surface area contributed by atoms with Gasteiger partial charge in [-0.1, -0.05) is 61.6 Å². The Labute approximate surface area is 399 Å². The fourth-order valence-electron chi connectivity index (χ4n) is 11.2. The second-order valence-electron chi connectivity index (χ2n) is 17.6. The van der Waals surface area contributed by atoms with E-state index in [0.29, 0.717) is 5.69 Å². The number of rotatable bonds is 10. The first-order valence-electron chi connectivity index (χ1n) is 21.7. The van der Waals surface area contributed by atoms with E-state index < -0.39 is 205 Å². The first kappa shape index (κ1) is 53.3. The summed E-state index contributed by atoms with van der Waals surface area (Å²) in [7, 11) is 0. The molecule has 0 aliphatic heterocycles. The van der Waals surface area contributed by atoms with Crippen molar-refractivity contribution in [3.8, 4) is 0 Å². The Morgan fingerprint density at radius 1 is 0.356 bits per heavy atom. The SMILES string of the molecule is CCCC[NH+](CCC)c1ccc(F)cc1F.FC1=C(F)[CH]([Al-]([CH]2C(F)=C(F)c3c2cc(F)c(F)c3F)([CH]2C(F)=C(F)c3c2cc(F)c(F)c3F)[CH]2C(F)=C(F)c3c2cc(F)c(F)c3F)c2cc(F)c(F)c(F)c21. The summed E-state index contributed by atoms with van der Waals surface area (Å²) >= 11 is -7.79. The quantitative estimate of drug-likeness (QED) is 0.0808. The first-order valence-corrected chi connectivity index (χ1v) is 24.4. The molecule has 0 aromatic heterocycles. The zero-order valence-corrected chi connectivity index (χ0v) is 37.9. The summed E-state index contributed by atoms with van der Waals surface area (Å²) < 4.78 is 324. The molecule has 0 bridgehead atoms. The van der Waals surface area contributed by atoms with Crippen LogP contribution in [0.25, 0.3) is 23.3 Å². The van der Waals surface area contributed by atoms with E-state index in [1.54, 1.807) is 6.07 Å². The van der Waals surface area contributed by atoms with Crippen molar-refractivity contribution in [2.45, 2.75) is 52.2 Å². The summed E-state index contributed by atoms with van der Waals surface area (Å²) in [4.78, 5) is 1.11. The minimum atomic E-state index is -7.79. The number of unbranched alkanes of at least 4 members (excludes halogenated alkanes) is 1. The van der Waals surface area contributed by atoms with Crippen LogP contribution in [0.5, 0.6) is 0 Å². The molecule has 5 aromatic rings. The minimum absolute atomic E-state index is 0.349. The second-order valence-corrected chi connectivity index (χ2v) is 22.6. The summed E-state index contributed by atoms with van der Waals surface area (Å²) in [5.74, 6) is -53.6. The highest BCUT2D eigenvalue weighted by molar-refractivity contribution is 6.88. The Balaban J connectivity index is 0.000000381. The third-order valence-electron chi connectivity index (χ3n) is 13.9. The van der Waals surface area contributed by atoms with Gasteiger partial charge in [-0.3, -0.25) is 4.90 Å². The Kier molecular flexibility index (Phi) is 14.1. The van der Waals surface area contributed by atoms with Crippen LogP contribution in [0.1, 0.15) is 96.7 Å². The zero-order valence-electron chi connectivity index (χ0n) is 36.8. The van der Waals surface area contributed by atoms with Crippen LogP contribution in [-0.4, -0.2) is 26.2 Å². The molecule has 386 valence electrons. The first-order chi connectivity index (χ1) is 34.3. The van der Waals surface area contributed by atoms with Gasteiger partial charge in [-0.15, -0.1) is 0 Å². The topological polar surface area (TPSA) is 4.44 Å². The molecule has 1 nitrogen and oxygen atoms in total. The molecule has 0 radical (unpaired) electrons. The molecule has 4 aliphatic rings. The lowest BCUT2D eigenvalue weighted by atomic mass is 10.1. The molecule has 24 heteroatoms. The summed E-state index contributed by atoms with van der Waals surface area (Å²) in [5, 5.41) is 0. The number of halogens is 22. The monoisotopic (exact) mass is 1080 g/mol. The van der Waals surface area contributed by atoms with E-state index in [4.69, 9.17) is 0 Å². The second kappa shape index (κ2) is 19.4. The van der Waals surface area contributed by atoms with Gasteiger partial charge < -0.3 is 0 Å². The third-order valence-corrected chi connectivity index (χ3v) is 21.2. The molecule has 0 saturated carbocycles. The van der Waals surface area contributed by atoms with Gasteiger partial charge in [0.2, 0.25) is 13.1 Å². The number of quaternary nitrogens is 1. The molecular weight excluding hydrogens is 1050 g/mol. The molecular formula is C49H28AlF22N. The predicted octanol–water partition coefficient (Wildman–Crippen LogP) is 15.6. The van der Waals surface area contributed by atoms with Crippen LogP contribution >= 0.6 is 0 Å². The molecule has 5 aromatic carbocycles. The van der Waals surface area contributed by atoms with Crippen LogP contribution < -0.4 is 4.90 Å². The van der Waals surface area contributed by atoms with Crippen molar-refractivity contribution in [3.05, 3.63) is 192 Å². The third kappa shape index (κ3) is 7.82. The Hall–Kier alpha value is -5.99. The van der Waals surface area contributed by atoms with E-state index in [9.17, 15) is 26.3 Å². The molecule has 0 spiro atoms. The Bertz CT molecular complexity index is 2950. The number of fused-ring (bicyclic) bond motifs is 4. The van der Waals surface area contributed by atoms with Gasteiger partial charge in [0.25, 0.3) is 0 Å². The Morgan fingerprint density at radius 2 is 0.658 bits per heavy atom. The van der Waals surface area contributed by atoms with Crippen molar-refractivity contribution in [2.24, 2.45) is 0 Å². The molecule has 0 heterocycles. The lowest BCUT2D eigenvalue weighted by Crippen LogP contribution is -3.07. The molecule has 0 fully saturated rings. The van der Waals surface area contributed by atoms with Crippen molar-refractivity contribution < 1.29 is 101 Å². The van der Waals surface area contributed by atoms with Gasteiger partial charge in [-0.05, 0) is 43.2 Å². The van der Waals surface area contributed by atoms with Crippen LogP contribution in [0, 0.1) is 81.4 Å². The van der Waals surface area contributed by atoms with Gasteiger partial charge in [0.05, 0.1) is 35.3 Å². The molecule has 5 unspecified atom stereocenters. The standard InChI is InChI=1S/C13H19F2N.4C9H2F5.Al/c1-3-5-9-16(8-4-2)13-7-6-11(14)10-12(13)15;4*10-4-1-3-2-5(11)8(13)9(14)6(3)7(4)12;/h6-7,10H,3-5,8-9H2,1-2H3;4*1-2H;/q;;;;;-1/p+1. The number of allylic oxidation sites excluding steroid dienone is 4. The zero-order chi connectivity index (χ0) is 53.8. The molecule has 73 heavy (non-hydrogen) atoms. The van der Waals surface area contributed by atoms with E-state index in [2.05, 4.69) is 13.8 Å². The predicted molar refractivity (Wildman–Crippen MR) is 220 cm³/mol. The van der Waals surface area contributed by atoms with Gasteiger partial charge in [-0.25, -0.2) is 96.6 Å². The molecule has 0 saturated heterocycles. The lowest BCUT2D eigenvalue weighted by molar-refractivity contribution is -0.834. The van der Waals surface area contributed by atoms with E-state index in [0.717, 1.165) is 43.3 Å². The van der Waals surface area contributed by atoms with Crippen molar-refractivity contribution in [3.63, 3.8) is 0 Å². The van der Waals surface area contributed by atoms with Crippen molar-refractivity contribution >= 4 is 42.1 Å².